The number of alkyl halides is 3. The number of rotatable bonds is 1. The molecule has 1 amide bonds. The van der Waals surface area contributed by atoms with Crippen LogP contribution in [0.15, 0.2) is 30.5 Å². The molecule has 1 aromatic carbocycles. The number of carbonyl (C=O) groups excluding carboxylic acids is 1. The molecule has 8 heteroatoms. The summed E-state index contributed by atoms with van der Waals surface area (Å²) in [6, 6.07) is 8.94. The van der Waals surface area contributed by atoms with Gasteiger partial charge in [-0.1, -0.05) is 20.3 Å². The number of amides is 1. The van der Waals surface area contributed by atoms with Crippen LogP contribution in [-0.4, -0.2) is 28.9 Å². The minimum absolute atomic E-state index is 0.169. The summed E-state index contributed by atoms with van der Waals surface area (Å²) in [6.07, 6.45) is 3.26. The van der Waals surface area contributed by atoms with E-state index in [4.69, 9.17) is 10.00 Å². The van der Waals surface area contributed by atoms with Crippen LogP contribution in [0.2, 0.25) is 0 Å². The maximum absolute atomic E-state index is 13.3. The number of pyridine rings is 1. The molecule has 6 rings (SSSR count). The predicted octanol–water partition coefficient (Wildman–Crippen LogP) is 6.65. The summed E-state index contributed by atoms with van der Waals surface area (Å²) < 4.78 is 44.4. The maximum atomic E-state index is 13.3. The minimum atomic E-state index is -4.40. The minimum Gasteiger partial charge on any atom is -0.493 e. The third-order valence-corrected chi connectivity index (χ3v) is 8.91. The lowest BCUT2D eigenvalue weighted by molar-refractivity contribution is -0.144. The predicted molar refractivity (Wildman–Crippen MR) is 136 cm³/mol. The van der Waals surface area contributed by atoms with Crippen molar-refractivity contribution in [2.45, 2.75) is 77.4 Å². The van der Waals surface area contributed by atoms with Crippen molar-refractivity contribution in [2.24, 2.45) is 17.3 Å². The fraction of sp³-hybridized carbons (Fsp3) is 0.567. The second-order valence-corrected chi connectivity index (χ2v) is 11.5. The van der Waals surface area contributed by atoms with Gasteiger partial charge in [0.1, 0.15) is 5.75 Å². The molecule has 2 aliphatic carbocycles. The molecule has 4 aliphatic rings. The molecule has 4 unspecified atom stereocenters. The Balaban J connectivity index is 0.000000190. The van der Waals surface area contributed by atoms with Gasteiger partial charge in [-0.05, 0) is 85.3 Å². The number of aromatic nitrogens is 1. The molecular weight excluding hydrogens is 491 g/mol. The zero-order valence-electron chi connectivity index (χ0n) is 22.0. The number of carbonyl (C=O) groups is 1. The molecule has 38 heavy (non-hydrogen) atoms. The van der Waals surface area contributed by atoms with Crippen molar-refractivity contribution in [3.05, 3.63) is 58.4 Å². The van der Waals surface area contributed by atoms with E-state index in [1.807, 2.05) is 12.1 Å². The second kappa shape index (κ2) is 10.2. The molecule has 202 valence electrons. The lowest BCUT2D eigenvalue weighted by Crippen LogP contribution is -2.46. The number of hydrogen-bond acceptors (Lipinski definition) is 4. The number of fused-ring (bicyclic) bond motifs is 3. The number of nitrogens with zero attached hydrogens (tertiary/aromatic N) is 3. The standard InChI is InChI=1S/C19H23F3N2O.C11H11NO/c1-12-7-14-3-2-5-18(14,9-12)17(25)24-6-4-16-13(11-24)8-15(10-23-16)19(20,21)22;1-8-4-5-13-11-3-2-9(7-12)6-10(8)11/h8,10,12,14H,2-7,9,11H2,1H3;2-3,6,8H,4-5H2,1H3. The van der Waals surface area contributed by atoms with Crippen LogP contribution in [0.4, 0.5) is 13.2 Å². The zero-order chi connectivity index (χ0) is 27.1. The van der Waals surface area contributed by atoms with E-state index >= 15 is 0 Å². The summed E-state index contributed by atoms with van der Waals surface area (Å²) in [5.41, 5.74) is 2.14. The van der Waals surface area contributed by atoms with Crippen molar-refractivity contribution >= 4 is 5.91 Å². The third-order valence-electron chi connectivity index (χ3n) is 8.91. The Morgan fingerprint density at radius 1 is 1.24 bits per heavy atom. The number of halogens is 3. The van der Waals surface area contributed by atoms with Gasteiger partial charge in [-0.15, -0.1) is 0 Å². The van der Waals surface area contributed by atoms with Gasteiger partial charge < -0.3 is 9.64 Å². The fourth-order valence-electron chi connectivity index (χ4n) is 7.02. The quantitative estimate of drug-likeness (QED) is 0.418. The molecule has 1 aromatic heterocycles. The van der Waals surface area contributed by atoms with Crippen LogP contribution in [0.3, 0.4) is 0 Å². The summed E-state index contributed by atoms with van der Waals surface area (Å²) in [5, 5.41) is 8.73. The number of nitriles is 1. The van der Waals surface area contributed by atoms with Crippen molar-refractivity contribution in [1.82, 2.24) is 9.88 Å². The Morgan fingerprint density at radius 3 is 2.82 bits per heavy atom. The largest absolute Gasteiger partial charge is 0.493 e. The molecule has 3 heterocycles. The van der Waals surface area contributed by atoms with Gasteiger partial charge in [-0.25, -0.2) is 0 Å². The Hall–Kier alpha value is -3.08. The molecule has 5 nitrogen and oxygen atoms in total. The lowest BCUT2D eigenvalue weighted by Gasteiger charge is -2.37. The number of hydrogen-bond donors (Lipinski definition) is 0. The third kappa shape index (κ3) is 5.00. The van der Waals surface area contributed by atoms with E-state index in [-0.39, 0.29) is 17.9 Å². The molecule has 2 fully saturated rings. The Labute approximate surface area is 222 Å². The van der Waals surface area contributed by atoms with Gasteiger partial charge in [0.25, 0.3) is 0 Å². The van der Waals surface area contributed by atoms with Gasteiger partial charge in [-0.3, -0.25) is 9.78 Å². The molecule has 4 atom stereocenters. The first kappa shape index (κ1) is 26.5. The molecule has 0 saturated heterocycles. The van der Waals surface area contributed by atoms with Crippen molar-refractivity contribution in [1.29, 1.82) is 5.26 Å². The molecule has 0 radical (unpaired) electrons. The van der Waals surface area contributed by atoms with Gasteiger partial charge in [-0.2, -0.15) is 18.4 Å². The van der Waals surface area contributed by atoms with Crippen LogP contribution in [0.5, 0.6) is 5.75 Å². The summed E-state index contributed by atoms with van der Waals surface area (Å²) in [6.45, 7) is 5.99. The Morgan fingerprint density at radius 2 is 2.05 bits per heavy atom. The molecule has 0 spiro atoms. The highest BCUT2D eigenvalue weighted by atomic mass is 19.4. The van der Waals surface area contributed by atoms with Crippen molar-refractivity contribution in [3.63, 3.8) is 0 Å². The van der Waals surface area contributed by atoms with E-state index in [0.717, 1.165) is 62.6 Å². The second-order valence-electron chi connectivity index (χ2n) is 11.5. The first-order valence-electron chi connectivity index (χ1n) is 13.6. The van der Waals surface area contributed by atoms with Gasteiger partial charge in [0.05, 0.1) is 29.2 Å². The van der Waals surface area contributed by atoms with E-state index in [9.17, 15) is 18.0 Å². The topological polar surface area (TPSA) is 66.2 Å². The average Bonchev–Trinajstić information content (AvgIpc) is 3.44. The van der Waals surface area contributed by atoms with Crippen molar-refractivity contribution < 1.29 is 22.7 Å². The molecule has 0 N–H and O–H groups in total. The smallest absolute Gasteiger partial charge is 0.417 e. The number of benzene rings is 1. The van der Waals surface area contributed by atoms with Crippen LogP contribution in [0, 0.1) is 28.6 Å². The van der Waals surface area contributed by atoms with E-state index < -0.39 is 11.7 Å². The maximum Gasteiger partial charge on any atom is 0.417 e. The zero-order valence-corrected chi connectivity index (χ0v) is 22.0. The van der Waals surface area contributed by atoms with Crippen LogP contribution in [0.1, 0.15) is 86.2 Å². The van der Waals surface area contributed by atoms with Crippen molar-refractivity contribution in [2.75, 3.05) is 13.2 Å². The van der Waals surface area contributed by atoms with Crippen LogP contribution >= 0.6 is 0 Å². The molecular formula is C30H34F3N3O2. The van der Waals surface area contributed by atoms with E-state index in [0.29, 0.717) is 42.0 Å². The Bertz CT molecular complexity index is 1250. The molecule has 2 saturated carbocycles. The highest BCUT2D eigenvalue weighted by Crippen LogP contribution is 2.57. The van der Waals surface area contributed by atoms with Gasteiger partial charge in [0, 0.05) is 31.4 Å². The molecule has 2 aliphatic heterocycles. The van der Waals surface area contributed by atoms with Gasteiger partial charge in [0.2, 0.25) is 5.91 Å². The number of ether oxygens (including phenoxy) is 1. The summed E-state index contributed by atoms with van der Waals surface area (Å²) >= 11 is 0. The SMILES string of the molecule is CC1CC2CCCC2(C(=O)N2CCc3ncc(C(F)(F)F)cc3C2)C1.CC1CCOc2ccc(C#N)cc21. The summed E-state index contributed by atoms with van der Waals surface area (Å²) in [4.78, 5) is 19.1. The van der Waals surface area contributed by atoms with Crippen LogP contribution in [0.25, 0.3) is 0 Å². The highest BCUT2D eigenvalue weighted by molar-refractivity contribution is 5.84. The average molecular weight is 526 g/mol. The molecule has 0 bridgehead atoms. The van der Waals surface area contributed by atoms with Crippen molar-refractivity contribution in [3.8, 4) is 11.8 Å². The van der Waals surface area contributed by atoms with Gasteiger partial charge in [0.15, 0.2) is 0 Å². The van der Waals surface area contributed by atoms with Crippen LogP contribution in [-0.2, 0) is 23.9 Å². The highest BCUT2D eigenvalue weighted by Gasteiger charge is 2.55. The fourth-order valence-corrected chi connectivity index (χ4v) is 7.02. The summed E-state index contributed by atoms with van der Waals surface area (Å²) in [7, 11) is 0. The molecule has 2 aromatic rings. The van der Waals surface area contributed by atoms with Gasteiger partial charge >= 0.3 is 6.18 Å². The van der Waals surface area contributed by atoms with E-state index in [2.05, 4.69) is 24.9 Å². The van der Waals surface area contributed by atoms with Crippen LogP contribution < -0.4 is 4.74 Å². The normalized spacial score (nSPS) is 27.7. The first-order chi connectivity index (χ1) is 18.1. The first-order valence-corrected chi connectivity index (χ1v) is 13.6. The summed E-state index contributed by atoms with van der Waals surface area (Å²) in [5.74, 6) is 2.64. The van der Waals surface area contributed by atoms with E-state index in [1.54, 1.807) is 11.0 Å². The van der Waals surface area contributed by atoms with E-state index in [1.165, 1.54) is 11.6 Å². The Kier molecular flexibility index (Phi) is 7.15. The monoisotopic (exact) mass is 525 g/mol. The lowest BCUT2D eigenvalue weighted by atomic mass is 9.78.